The van der Waals surface area contributed by atoms with E-state index in [4.69, 9.17) is 5.73 Å². The highest BCUT2D eigenvalue weighted by Crippen LogP contribution is 2.45. The first-order valence-corrected chi connectivity index (χ1v) is 6.53. The molecule has 0 spiro atoms. The van der Waals surface area contributed by atoms with Gasteiger partial charge in [0.2, 0.25) is 0 Å². The van der Waals surface area contributed by atoms with Crippen LogP contribution in [-0.2, 0) is 0 Å². The topological polar surface area (TPSA) is 46.2 Å². The fourth-order valence-electron chi connectivity index (χ4n) is 2.98. The summed E-state index contributed by atoms with van der Waals surface area (Å²) in [4.78, 5) is 0. The van der Waals surface area contributed by atoms with Gasteiger partial charge in [-0.15, -0.1) is 0 Å². The van der Waals surface area contributed by atoms with Crippen LogP contribution in [0.3, 0.4) is 0 Å². The first-order chi connectivity index (χ1) is 7.49. The molecule has 1 fully saturated rings. The highest BCUT2D eigenvalue weighted by molar-refractivity contribution is 5.01. The second-order valence-corrected chi connectivity index (χ2v) is 5.57. The third kappa shape index (κ3) is 2.86. The van der Waals surface area contributed by atoms with Gasteiger partial charge < -0.3 is 10.8 Å². The Hall–Kier alpha value is -0.340. The first-order valence-electron chi connectivity index (χ1n) is 6.53. The maximum Gasteiger partial charge on any atom is 0.0696 e. The number of allylic oxidation sites excluding steroid dienone is 1. The maximum atomic E-state index is 9.39. The normalized spacial score (nSPS) is 41.8. The van der Waals surface area contributed by atoms with E-state index >= 15 is 0 Å². The van der Waals surface area contributed by atoms with Crippen LogP contribution in [0.2, 0.25) is 0 Å². The predicted molar refractivity (Wildman–Crippen MR) is 69.0 cm³/mol. The Bertz CT molecular complexity index is 225. The quantitative estimate of drug-likeness (QED) is 0.722. The van der Waals surface area contributed by atoms with Crippen molar-refractivity contribution in [1.82, 2.24) is 0 Å². The van der Waals surface area contributed by atoms with Crippen molar-refractivity contribution in [3.05, 3.63) is 12.2 Å². The lowest BCUT2D eigenvalue weighted by Crippen LogP contribution is -2.18. The molecule has 16 heavy (non-hydrogen) atoms. The predicted octanol–water partition coefficient (Wildman–Crippen LogP) is 2.43. The van der Waals surface area contributed by atoms with Gasteiger partial charge in [0, 0.05) is 6.54 Å². The van der Waals surface area contributed by atoms with Crippen LogP contribution in [0.5, 0.6) is 0 Å². The van der Waals surface area contributed by atoms with Crippen molar-refractivity contribution < 1.29 is 5.11 Å². The highest BCUT2D eigenvalue weighted by Gasteiger charge is 2.39. The molecule has 94 valence electrons. The lowest BCUT2D eigenvalue weighted by Gasteiger charge is -2.17. The number of hydrogen-bond donors (Lipinski definition) is 2. The van der Waals surface area contributed by atoms with Crippen LogP contribution in [0.25, 0.3) is 0 Å². The van der Waals surface area contributed by atoms with Gasteiger partial charge in [-0.1, -0.05) is 39.8 Å². The zero-order chi connectivity index (χ0) is 12.3. The van der Waals surface area contributed by atoms with E-state index in [-0.39, 0.29) is 6.10 Å². The van der Waals surface area contributed by atoms with Gasteiger partial charge in [0.25, 0.3) is 0 Å². The van der Waals surface area contributed by atoms with Crippen LogP contribution in [0.4, 0.5) is 0 Å². The molecule has 1 aliphatic rings. The van der Waals surface area contributed by atoms with Crippen molar-refractivity contribution in [2.24, 2.45) is 35.3 Å². The molecule has 1 saturated carbocycles. The maximum absolute atomic E-state index is 9.39. The molecule has 0 amide bonds. The lowest BCUT2D eigenvalue weighted by molar-refractivity contribution is 0.186. The Balaban J connectivity index is 2.54. The molecular formula is C14H27NO. The van der Waals surface area contributed by atoms with E-state index in [1.54, 1.807) is 0 Å². The molecule has 0 heterocycles. The molecule has 0 aromatic heterocycles. The van der Waals surface area contributed by atoms with E-state index < -0.39 is 0 Å². The fraction of sp³-hybridized carbons (Fsp3) is 0.857. The van der Waals surface area contributed by atoms with Crippen LogP contribution in [0, 0.1) is 29.6 Å². The molecule has 0 radical (unpaired) electrons. The summed E-state index contributed by atoms with van der Waals surface area (Å²) in [6.07, 6.45) is 4.72. The minimum absolute atomic E-state index is 0.354. The Morgan fingerprint density at radius 2 is 1.56 bits per heavy atom. The molecule has 0 saturated heterocycles. The molecule has 0 aromatic rings. The van der Waals surface area contributed by atoms with Crippen LogP contribution in [0.15, 0.2) is 12.2 Å². The summed E-state index contributed by atoms with van der Waals surface area (Å²) in [6.45, 7) is 9.76. The minimum Gasteiger partial charge on any atom is -0.391 e. The number of hydrogen-bond acceptors (Lipinski definition) is 2. The van der Waals surface area contributed by atoms with E-state index in [9.17, 15) is 5.11 Å². The zero-order valence-corrected chi connectivity index (χ0v) is 11.1. The van der Waals surface area contributed by atoms with Gasteiger partial charge in [0.05, 0.1) is 6.10 Å². The number of aliphatic hydroxyl groups is 1. The average molecular weight is 225 g/mol. The smallest absolute Gasteiger partial charge is 0.0696 e. The number of rotatable bonds is 4. The number of aliphatic hydroxyl groups excluding tert-OH is 1. The Morgan fingerprint density at radius 1 is 1.06 bits per heavy atom. The van der Waals surface area contributed by atoms with Gasteiger partial charge in [-0.05, 0) is 36.0 Å². The second-order valence-electron chi connectivity index (χ2n) is 5.57. The molecule has 5 unspecified atom stereocenters. The lowest BCUT2D eigenvalue weighted by atomic mass is 9.89. The summed E-state index contributed by atoms with van der Waals surface area (Å²) < 4.78 is 0. The molecule has 1 aliphatic carbocycles. The van der Waals surface area contributed by atoms with Crippen molar-refractivity contribution >= 4 is 0 Å². The van der Waals surface area contributed by atoms with Gasteiger partial charge >= 0.3 is 0 Å². The fourth-order valence-corrected chi connectivity index (χ4v) is 2.98. The average Bonchev–Trinajstić information content (AvgIpc) is 2.46. The molecule has 3 N–H and O–H groups in total. The van der Waals surface area contributed by atoms with E-state index in [1.807, 2.05) is 0 Å². The van der Waals surface area contributed by atoms with Gasteiger partial charge in [-0.2, -0.15) is 0 Å². The SMILES string of the molecule is CC1C(C)C(C)C(/C=C\CC(O)CN)C1C. The van der Waals surface area contributed by atoms with Crippen molar-refractivity contribution in [2.45, 2.75) is 40.2 Å². The molecular weight excluding hydrogens is 198 g/mol. The Labute approximate surface area is 99.9 Å². The Morgan fingerprint density at radius 3 is 2.00 bits per heavy atom. The van der Waals surface area contributed by atoms with Crippen LogP contribution >= 0.6 is 0 Å². The summed E-state index contributed by atoms with van der Waals surface area (Å²) in [5.41, 5.74) is 5.38. The van der Waals surface area contributed by atoms with Crippen molar-refractivity contribution in [2.75, 3.05) is 6.54 Å². The second kappa shape index (κ2) is 5.83. The van der Waals surface area contributed by atoms with Crippen molar-refractivity contribution in [1.29, 1.82) is 0 Å². The summed E-state index contributed by atoms with van der Waals surface area (Å²) in [6, 6.07) is 0. The van der Waals surface area contributed by atoms with Crippen LogP contribution in [0.1, 0.15) is 34.1 Å². The number of nitrogens with two attached hydrogens (primary N) is 1. The Kier molecular flexibility index (Phi) is 5.00. The first kappa shape index (κ1) is 13.7. The van der Waals surface area contributed by atoms with Gasteiger partial charge in [0.15, 0.2) is 0 Å². The molecule has 0 aromatic carbocycles. The summed E-state index contributed by atoms with van der Waals surface area (Å²) in [5, 5.41) is 9.39. The molecule has 1 rings (SSSR count). The molecule has 0 aliphatic heterocycles. The minimum atomic E-state index is -0.377. The van der Waals surface area contributed by atoms with E-state index in [1.165, 1.54) is 0 Å². The van der Waals surface area contributed by atoms with Gasteiger partial charge in [-0.3, -0.25) is 0 Å². The molecule has 5 atom stereocenters. The summed E-state index contributed by atoms with van der Waals surface area (Å²) in [7, 11) is 0. The third-order valence-electron chi connectivity index (χ3n) is 4.74. The van der Waals surface area contributed by atoms with Crippen LogP contribution in [-0.4, -0.2) is 17.8 Å². The highest BCUT2D eigenvalue weighted by atomic mass is 16.3. The van der Waals surface area contributed by atoms with E-state index in [0.29, 0.717) is 18.9 Å². The van der Waals surface area contributed by atoms with Crippen molar-refractivity contribution in [3.8, 4) is 0 Å². The molecule has 0 bridgehead atoms. The van der Waals surface area contributed by atoms with Crippen LogP contribution < -0.4 is 5.73 Å². The largest absolute Gasteiger partial charge is 0.391 e. The van der Waals surface area contributed by atoms with E-state index in [2.05, 4.69) is 39.8 Å². The monoisotopic (exact) mass is 225 g/mol. The molecule has 2 nitrogen and oxygen atoms in total. The summed E-state index contributed by atoms with van der Waals surface area (Å²) >= 11 is 0. The van der Waals surface area contributed by atoms with E-state index in [0.717, 1.165) is 23.7 Å². The van der Waals surface area contributed by atoms with Gasteiger partial charge in [0.1, 0.15) is 0 Å². The summed E-state index contributed by atoms with van der Waals surface area (Å²) in [5.74, 6) is 3.75. The van der Waals surface area contributed by atoms with Crippen molar-refractivity contribution in [3.63, 3.8) is 0 Å². The molecule has 2 heteroatoms. The zero-order valence-electron chi connectivity index (χ0n) is 11.1. The standard InChI is InChI=1S/C14H27NO/c1-9-10(2)12(4)14(11(9)3)7-5-6-13(16)8-15/h5,7,9-14,16H,6,8,15H2,1-4H3/b7-5-. The third-order valence-corrected chi connectivity index (χ3v) is 4.74. The van der Waals surface area contributed by atoms with Gasteiger partial charge in [-0.25, -0.2) is 0 Å².